The molecule has 1 heterocycles. The number of amides is 2. The number of fused-ring (bicyclic) bond motifs is 1. The number of nitrogens with one attached hydrogen (secondary N) is 2. The van der Waals surface area contributed by atoms with Crippen molar-refractivity contribution in [3.05, 3.63) is 29.8 Å². The lowest BCUT2D eigenvalue weighted by Crippen LogP contribution is -2.45. The van der Waals surface area contributed by atoms with Crippen molar-refractivity contribution in [2.45, 2.75) is 49.1 Å². The molecule has 1 unspecified atom stereocenters. The fraction of sp³-hybridized carbons (Fsp3) is 0.529. The van der Waals surface area contributed by atoms with E-state index in [1.54, 1.807) is 0 Å². The molecule has 23 heavy (non-hydrogen) atoms. The average Bonchev–Trinajstić information content (AvgIpc) is 2.55. The van der Waals surface area contributed by atoms with Gasteiger partial charge in [0.05, 0.1) is 12.0 Å². The second kappa shape index (κ2) is 7.25. The molecule has 1 fully saturated rings. The number of benzene rings is 1. The molecular formula is C17H22N2O3S. The molecule has 0 saturated heterocycles. The molecule has 6 heteroatoms. The predicted octanol–water partition coefficient (Wildman–Crippen LogP) is 3.17. The van der Waals surface area contributed by atoms with Crippen molar-refractivity contribution in [2.24, 2.45) is 5.92 Å². The van der Waals surface area contributed by atoms with Gasteiger partial charge in [0.2, 0.25) is 0 Å². The van der Waals surface area contributed by atoms with Crippen molar-refractivity contribution in [1.82, 2.24) is 10.6 Å². The first-order chi connectivity index (χ1) is 11.1. The number of carbonyl (C=O) groups excluding carboxylic acids is 1. The topological polar surface area (TPSA) is 78.4 Å². The van der Waals surface area contributed by atoms with Crippen molar-refractivity contribution in [3.63, 3.8) is 0 Å². The van der Waals surface area contributed by atoms with Gasteiger partial charge in [-0.05, 0) is 43.7 Å². The number of carboxylic acid groups (broad SMARTS) is 1. The van der Waals surface area contributed by atoms with Crippen LogP contribution >= 0.6 is 11.8 Å². The fourth-order valence-electron chi connectivity index (χ4n) is 3.36. The van der Waals surface area contributed by atoms with Crippen LogP contribution in [0.25, 0.3) is 0 Å². The van der Waals surface area contributed by atoms with Gasteiger partial charge in [0.25, 0.3) is 0 Å². The third-order valence-electron chi connectivity index (χ3n) is 4.68. The zero-order valence-electron chi connectivity index (χ0n) is 13.0. The van der Waals surface area contributed by atoms with Crippen molar-refractivity contribution in [2.75, 3.05) is 5.75 Å². The normalized spacial score (nSPS) is 26.9. The molecular weight excluding hydrogens is 312 g/mol. The van der Waals surface area contributed by atoms with Gasteiger partial charge in [-0.15, -0.1) is 11.8 Å². The maximum Gasteiger partial charge on any atom is 0.315 e. The van der Waals surface area contributed by atoms with E-state index < -0.39 is 5.97 Å². The van der Waals surface area contributed by atoms with E-state index in [1.165, 1.54) is 10.5 Å². The van der Waals surface area contributed by atoms with E-state index in [2.05, 4.69) is 22.8 Å². The number of hydrogen-bond acceptors (Lipinski definition) is 3. The molecule has 0 bridgehead atoms. The summed E-state index contributed by atoms with van der Waals surface area (Å²) in [6.45, 7) is 0. The molecule has 0 radical (unpaired) electrons. The van der Waals surface area contributed by atoms with Gasteiger partial charge in [0.1, 0.15) is 0 Å². The van der Waals surface area contributed by atoms with Crippen LogP contribution in [0.2, 0.25) is 0 Å². The Morgan fingerprint density at radius 3 is 2.52 bits per heavy atom. The summed E-state index contributed by atoms with van der Waals surface area (Å²) in [7, 11) is 0. The first-order valence-electron chi connectivity index (χ1n) is 8.15. The smallest absolute Gasteiger partial charge is 0.315 e. The molecule has 124 valence electrons. The third kappa shape index (κ3) is 3.99. The highest BCUT2D eigenvalue weighted by Gasteiger charge is 2.28. The van der Waals surface area contributed by atoms with Gasteiger partial charge in [-0.3, -0.25) is 4.79 Å². The highest BCUT2D eigenvalue weighted by molar-refractivity contribution is 7.99. The maximum absolute atomic E-state index is 12.3. The minimum atomic E-state index is -0.718. The fourth-order valence-corrected chi connectivity index (χ4v) is 4.49. The summed E-state index contributed by atoms with van der Waals surface area (Å²) in [6.07, 6.45) is 3.69. The minimum Gasteiger partial charge on any atom is -0.481 e. The number of carbonyl (C=O) groups is 2. The van der Waals surface area contributed by atoms with Crippen LogP contribution in [0.5, 0.6) is 0 Å². The lowest BCUT2D eigenvalue weighted by atomic mass is 9.86. The molecule has 2 amide bonds. The Labute approximate surface area is 140 Å². The SMILES string of the molecule is O=C(NC1CCC(C(=O)O)CC1)NC1CCSc2ccccc21. The second-order valence-corrected chi connectivity index (χ2v) is 7.37. The van der Waals surface area contributed by atoms with Crippen LogP contribution in [0.3, 0.4) is 0 Å². The standard InChI is InChI=1S/C17H22N2O3S/c20-16(21)11-5-7-12(8-6-11)18-17(22)19-14-9-10-23-15-4-2-1-3-13(14)15/h1-4,11-12,14H,5-10H2,(H,20,21)(H2,18,19,22). The predicted molar refractivity (Wildman–Crippen MR) is 89.6 cm³/mol. The van der Waals surface area contributed by atoms with Gasteiger partial charge in [-0.25, -0.2) is 4.79 Å². The Morgan fingerprint density at radius 2 is 1.78 bits per heavy atom. The van der Waals surface area contributed by atoms with E-state index in [1.807, 2.05) is 23.9 Å². The molecule has 1 atom stereocenters. The molecule has 1 aliphatic carbocycles. The van der Waals surface area contributed by atoms with Gasteiger partial charge in [0, 0.05) is 16.7 Å². The Hall–Kier alpha value is -1.69. The Balaban J connectivity index is 1.52. The van der Waals surface area contributed by atoms with Crippen LogP contribution < -0.4 is 10.6 Å². The van der Waals surface area contributed by atoms with Crippen molar-refractivity contribution in [3.8, 4) is 0 Å². The van der Waals surface area contributed by atoms with E-state index in [0.717, 1.165) is 25.0 Å². The van der Waals surface area contributed by atoms with Crippen LogP contribution in [0.15, 0.2) is 29.2 Å². The van der Waals surface area contributed by atoms with Crippen molar-refractivity contribution in [1.29, 1.82) is 0 Å². The van der Waals surface area contributed by atoms with Crippen LogP contribution in [-0.2, 0) is 4.79 Å². The number of aliphatic carboxylic acids is 1. The Morgan fingerprint density at radius 1 is 1.04 bits per heavy atom. The van der Waals surface area contributed by atoms with E-state index in [9.17, 15) is 9.59 Å². The van der Waals surface area contributed by atoms with E-state index in [-0.39, 0.29) is 24.0 Å². The molecule has 3 rings (SSSR count). The number of hydrogen-bond donors (Lipinski definition) is 3. The lowest BCUT2D eigenvalue weighted by Gasteiger charge is -2.29. The molecule has 1 aromatic rings. The summed E-state index contributed by atoms with van der Waals surface area (Å²) < 4.78 is 0. The van der Waals surface area contributed by atoms with Crippen LogP contribution in [0, 0.1) is 5.92 Å². The maximum atomic E-state index is 12.3. The molecule has 0 spiro atoms. The number of carboxylic acids is 1. The monoisotopic (exact) mass is 334 g/mol. The zero-order chi connectivity index (χ0) is 16.2. The molecule has 2 aliphatic rings. The zero-order valence-corrected chi connectivity index (χ0v) is 13.8. The second-order valence-electron chi connectivity index (χ2n) is 6.23. The van der Waals surface area contributed by atoms with Gasteiger partial charge < -0.3 is 15.7 Å². The van der Waals surface area contributed by atoms with Gasteiger partial charge in [0.15, 0.2) is 0 Å². The van der Waals surface area contributed by atoms with Gasteiger partial charge >= 0.3 is 12.0 Å². The first-order valence-corrected chi connectivity index (χ1v) is 9.13. The van der Waals surface area contributed by atoms with Crippen LogP contribution in [-0.4, -0.2) is 28.9 Å². The van der Waals surface area contributed by atoms with Gasteiger partial charge in [-0.1, -0.05) is 18.2 Å². The largest absolute Gasteiger partial charge is 0.481 e. The molecule has 1 saturated carbocycles. The summed E-state index contributed by atoms with van der Waals surface area (Å²) in [5.41, 5.74) is 1.19. The highest BCUT2D eigenvalue weighted by Crippen LogP contribution is 2.35. The summed E-state index contributed by atoms with van der Waals surface area (Å²) in [4.78, 5) is 24.5. The van der Waals surface area contributed by atoms with Crippen molar-refractivity contribution >= 4 is 23.8 Å². The molecule has 3 N–H and O–H groups in total. The first kappa shape index (κ1) is 16.2. The van der Waals surface area contributed by atoms with Gasteiger partial charge in [-0.2, -0.15) is 0 Å². The Bertz CT molecular complexity index is 585. The lowest BCUT2D eigenvalue weighted by molar-refractivity contribution is -0.142. The third-order valence-corrected chi connectivity index (χ3v) is 5.80. The highest BCUT2D eigenvalue weighted by atomic mass is 32.2. The van der Waals surface area contributed by atoms with E-state index in [4.69, 9.17) is 5.11 Å². The Kier molecular flexibility index (Phi) is 5.10. The number of thioether (sulfide) groups is 1. The molecule has 1 aromatic carbocycles. The van der Waals surface area contributed by atoms with Crippen LogP contribution in [0.1, 0.15) is 43.7 Å². The molecule has 5 nitrogen and oxygen atoms in total. The molecule has 0 aromatic heterocycles. The molecule has 1 aliphatic heterocycles. The minimum absolute atomic E-state index is 0.0582. The number of urea groups is 1. The summed E-state index contributed by atoms with van der Waals surface area (Å²) >= 11 is 1.83. The quantitative estimate of drug-likeness (QED) is 0.793. The van der Waals surface area contributed by atoms with Crippen molar-refractivity contribution < 1.29 is 14.7 Å². The summed E-state index contributed by atoms with van der Waals surface area (Å²) in [5, 5.41) is 15.1. The van der Waals surface area contributed by atoms with Crippen LogP contribution in [0.4, 0.5) is 4.79 Å². The van der Waals surface area contributed by atoms with E-state index in [0.29, 0.717) is 12.8 Å². The summed E-state index contributed by atoms with van der Waals surface area (Å²) in [6, 6.07) is 8.19. The average molecular weight is 334 g/mol. The number of rotatable bonds is 3. The van der Waals surface area contributed by atoms with E-state index >= 15 is 0 Å². The summed E-state index contributed by atoms with van der Waals surface area (Å²) in [5.74, 6) is 0.0358.